The van der Waals surface area contributed by atoms with E-state index in [1.165, 1.54) is 173 Å². The van der Waals surface area contributed by atoms with E-state index in [1.807, 2.05) is 24.3 Å². The monoisotopic (exact) mass is 911 g/mol. The zero-order valence-electron chi connectivity index (χ0n) is 41.1. The van der Waals surface area contributed by atoms with Crippen molar-refractivity contribution >= 4 is 40.4 Å². The molecule has 0 saturated heterocycles. The van der Waals surface area contributed by atoms with Crippen LogP contribution in [0.5, 0.6) is 11.5 Å². The molecule has 0 bridgehead atoms. The van der Waals surface area contributed by atoms with E-state index in [9.17, 15) is 14.4 Å². The number of hydrogen-bond acceptors (Lipinski definition) is 7. The maximum atomic E-state index is 12.7. The average Bonchev–Trinajstić information content (AvgIpc) is 3.77. The highest BCUT2D eigenvalue weighted by Gasteiger charge is 2.21. The van der Waals surface area contributed by atoms with E-state index in [0.717, 1.165) is 60.1 Å². The van der Waals surface area contributed by atoms with Gasteiger partial charge < -0.3 is 14.2 Å². The minimum absolute atomic E-state index is 0.216. The molecule has 0 aliphatic heterocycles. The Morgan fingerprint density at radius 3 is 1.08 bits per heavy atom. The van der Waals surface area contributed by atoms with E-state index < -0.39 is 5.97 Å². The molecule has 65 heavy (non-hydrogen) atoms. The van der Waals surface area contributed by atoms with Crippen LogP contribution in [-0.2, 0) is 14.3 Å². The summed E-state index contributed by atoms with van der Waals surface area (Å²) in [6.07, 6.45) is 39.4. The van der Waals surface area contributed by atoms with Gasteiger partial charge in [0, 0.05) is 23.3 Å². The summed E-state index contributed by atoms with van der Waals surface area (Å²) >= 11 is 1.30. The second kappa shape index (κ2) is 35.3. The van der Waals surface area contributed by atoms with Crippen LogP contribution in [0.15, 0.2) is 67.8 Å². The van der Waals surface area contributed by atoms with Crippen LogP contribution in [-0.4, -0.2) is 25.0 Å². The molecule has 0 saturated carbocycles. The second-order valence-electron chi connectivity index (χ2n) is 18.2. The summed E-state index contributed by atoms with van der Waals surface area (Å²) in [5, 5.41) is 0. The summed E-state index contributed by atoms with van der Waals surface area (Å²) in [5.74, 6) is 0.122. The molecule has 3 aromatic rings. The highest BCUT2D eigenvalue weighted by molar-refractivity contribution is 7.15. The Labute approximate surface area is 399 Å². The summed E-state index contributed by atoms with van der Waals surface area (Å²) in [6, 6.07) is 16.4. The summed E-state index contributed by atoms with van der Waals surface area (Å²) in [4.78, 5) is 39.2. The van der Waals surface area contributed by atoms with E-state index in [-0.39, 0.29) is 11.9 Å². The number of carbonyl (C=O) groups excluding carboxylic acids is 3. The molecule has 0 spiro atoms. The maximum Gasteiger partial charge on any atom is 0.348 e. The van der Waals surface area contributed by atoms with Gasteiger partial charge in [-0.25, -0.2) is 4.79 Å². The molecule has 0 aliphatic rings. The largest absolute Gasteiger partial charge is 0.465 e. The topological polar surface area (TPSA) is 78.9 Å². The molecule has 0 N–H and O–H groups in total. The lowest BCUT2D eigenvalue weighted by Crippen LogP contribution is -2.07. The first-order valence-corrected chi connectivity index (χ1v) is 26.8. The third-order valence-corrected chi connectivity index (χ3v) is 13.7. The van der Waals surface area contributed by atoms with Gasteiger partial charge in [0.25, 0.3) is 0 Å². The van der Waals surface area contributed by atoms with Gasteiger partial charge in [0.2, 0.25) is 0 Å². The highest BCUT2D eigenvalue weighted by atomic mass is 32.1. The van der Waals surface area contributed by atoms with Gasteiger partial charge in [0.05, 0.1) is 7.11 Å². The molecule has 0 radical (unpaired) electrons. The molecule has 1 aromatic heterocycles. The van der Waals surface area contributed by atoms with Crippen molar-refractivity contribution in [2.24, 2.45) is 0 Å². The normalized spacial score (nSPS) is 11.1. The molecule has 3 rings (SSSR count). The lowest BCUT2D eigenvalue weighted by molar-refractivity contribution is -0.135. The van der Waals surface area contributed by atoms with Crippen molar-refractivity contribution in [3.8, 4) is 11.5 Å². The number of thiophene rings is 1. The highest BCUT2D eigenvalue weighted by Crippen LogP contribution is 2.39. The van der Waals surface area contributed by atoms with Crippen molar-refractivity contribution in [3.63, 3.8) is 0 Å². The summed E-state index contributed by atoms with van der Waals surface area (Å²) < 4.78 is 16.4. The average molecular weight is 911 g/mol. The van der Waals surface area contributed by atoms with E-state index in [1.54, 1.807) is 30.3 Å². The Kier molecular flexibility index (Phi) is 30.0. The summed E-state index contributed by atoms with van der Waals surface area (Å²) in [5.41, 5.74) is 3.83. The van der Waals surface area contributed by atoms with Crippen molar-refractivity contribution in [2.75, 3.05) is 7.11 Å². The van der Waals surface area contributed by atoms with E-state index in [4.69, 9.17) is 14.2 Å². The number of methoxy groups -OCH3 is 1. The van der Waals surface area contributed by atoms with Crippen LogP contribution < -0.4 is 9.47 Å². The van der Waals surface area contributed by atoms with Crippen LogP contribution >= 0.6 is 11.3 Å². The van der Waals surface area contributed by atoms with Crippen molar-refractivity contribution in [1.82, 2.24) is 0 Å². The standard InChI is InChI=1S/C58H86O6S/c1-6-8-10-12-14-16-18-20-22-24-26-28-30-32-34-36-55(59)63-51-42-38-49(39-43-51)47(3)53-46-54(58(61)62-5)65-57(53)48(4)50-40-44-52(45-41-50)64-56(60)37-35-33-31-29-27-25-23-21-19-17-15-13-11-9-7-2/h38-46H,3-4,6-37H2,1-2,5H3. The Bertz CT molecular complexity index is 1650. The smallest absolute Gasteiger partial charge is 0.348 e. The number of carbonyl (C=O) groups is 3. The lowest BCUT2D eigenvalue weighted by Gasteiger charge is -2.12. The zero-order valence-corrected chi connectivity index (χ0v) is 41.9. The number of rotatable bonds is 39. The third-order valence-electron chi connectivity index (χ3n) is 12.6. The number of esters is 3. The Morgan fingerprint density at radius 2 is 0.754 bits per heavy atom. The zero-order chi connectivity index (χ0) is 46.7. The van der Waals surface area contributed by atoms with Crippen LogP contribution in [0.4, 0.5) is 0 Å². The molecule has 7 heteroatoms. The third kappa shape index (κ3) is 23.9. The Balaban J connectivity index is 1.37. The number of ether oxygens (including phenoxy) is 3. The van der Waals surface area contributed by atoms with Crippen molar-refractivity contribution in [2.45, 2.75) is 219 Å². The van der Waals surface area contributed by atoms with Gasteiger partial charge in [-0.3, -0.25) is 9.59 Å². The molecule has 0 amide bonds. The molecule has 0 aliphatic carbocycles. The van der Waals surface area contributed by atoms with Gasteiger partial charge in [-0.05, 0) is 65.4 Å². The van der Waals surface area contributed by atoms with Crippen LogP contribution in [0.1, 0.15) is 251 Å². The SMILES string of the molecule is C=C(c1ccc(OC(=O)CCCCCCCCCCCCCCCCC)cc1)c1cc(C(=O)OC)sc1C(=C)c1ccc(OC(=O)CCCCCCCCCCCCCCCCC)cc1. The Morgan fingerprint density at radius 1 is 0.446 bits per heavy atom. The fourth-order valence-electron chi connectivity index (χ4n) is 8.42. The van der Waals surface area contributed by atoms with Gasteiger partial charge in [-0.1, -0.05) is 231 Å². The summed E-state index contributed by atoms with van der Waals surface area (Å²) in [6.45, 7) is 13.3. The van der Waals surface area contributed by atoms with Gasteiger partial charge >= 0.3 is 17.9 Å². The number of benzene rings is 2. The Hall–Kier alpha value is -3.97. The fourth-order valence-corrected chi connectivity index (χ4v) is 9.52. The first kappa shape index (κ1) is 55.4. The number of unbranched alkanes of at least 4 members (excludes halogenated alkanes) is 28. The minimum atomic E-state index is -0.434. The minimum Gasteiger partial charge on any atom is -0.465 e. The van der Waals surface area contributed by atoms with Crippen molar-refractivity contribution < 1.29 is 28.6 Å². The van der Waals surface area contributed by atoms with Crippen LogP contribution in [0.3, 0.4) is 0 Å². The van der Waals surface area contributed by atoms with Gasteiger partial charge in [-0.15, -0.1) is 11.3 Å². The molecule has 0 unspecified atom stereocenters. The van der Waals surface area contributed by atoms with E-state index >= 15 is 0 Å². The molecule has 1 heterocycles. The van der Waals surface area contributed by atoms with Gasteiger partial charge in [-0.2, -0.15) is 0 Å². The first-order valence-electron chi connectivity index (χ1n) is 26.0. The first-order chi connectivity index (χ1) is 31.8. The molecular formula is C58H86O6S. The van der Waals surface area contributed by atoms with E-state index in [0.29, 0.717) is 40.4 Å². The van der Waals surface area contributed by atoms with Gasteiger partial charge in [0.1, 0.15) is 16.4 Å². The van der Waals surface area contributed by atoms with Crippen LogP contribution in [0.25, 0.3) is 11.1 Å². The second-order valence-corrected chi connectivity index (χ2v) is 19.3. The molecule has 2 aromatic carbocycles. The maximum absolute atomic E-state index is 12.7. The summed E-state index contributed by atoms with van der Waals surface area (Å²) in [7, 11) is 1.37. The quantitative estimate of drug-likeness (QED) is 0.0322. The molecule has 0 fully saturated rings. The fraction of sp³-hybridized carbons (Fsp3) is 0.603. The predicted molar refractivity (Wildman–Crippen MR) is 275 cm³/mol. The lowest BCUT2D eigenvalue weighted by atomic mass is 9.95. The van der Waals surface area contributed by atoms with Crippen molar-refractivity contribution in [1.29, 1.82) is 0 Å². The molecule has 360 valence electrons. The van der Waals surface area contributed by atoms with Crippen LogP contribution in [0.2, 0.25) is 0 Å². The molecule has 6 nitrogen and oxygen atoms in total. The molecule has 0 atom stereocenters. The van der Waals surface area contributed by atoms with E-state index in [2.05, 4.69) is 27.0 Å². The molecular weight excluding hydrogens is 825 g/mol. The van der Waals surface area contributed by atoms with Crippen LogP contribution in [0, 0.1) is 0 Å². The van der Waals surface area contributed by atoms with Gasteiger partial charge in [0.15, 0.2) is 0 Å². The number of hydrogen-bond donors (Lipinski definition) is 0. The predicted octanol–water partition coefficient (Wildman–Crippen LogP) is 18.0. The van der Waals surface area contributed by atoms with Crippen molar-refractivity contribution in [3.05, 3.63) is 94.2 Å².